The highest BCUT2D eigenvalue weighted by Crippen LogP contribution is 2.25. The first-order valence-corrected chi connectivity index (χ1v) is 5.15. The Morgan fingerprint density at radius 3 is 3.00 bits per heavy atom. The zero-order valence-corrected chi connectivity index (χ0v) is 8.69. The number of anilines is 1. The van der Waals surface area contributed by atoms with E-state index in [1.807, 2.05) is 0 Å². The molecular weight excluding hydrogens is 194 g/mol. The van der Waals surface area contributed by atoms with Gasteiger partial charge in [0.05, 0.1) is 0 Å². The normalized spacial score (nSPS) is 25.5. The molecule has 0 radical (unpaired) electrons. The van der Waals surface area contributed by atoms with Crippen molar-refractivity contribution in [2.75, 3.05) is 5.32 Å². The van der Waals surface area contributed by atoms with Gasteiger partial charge in [0, 0.05) is 18.0 Å². The number of amides is 1. The van der Waals surface area contributed by atoms with Crippen LogP contribution in [0.4, 0.5) is 5.82 Å². The third-order valence-corrected chi connectivity index (χ3v) is 2.72. The second-order valence-electron chi connectivity index (χ2n) is 4.08. The molecule has 82 valence electrons. The van der Waals surface area contributed by atoms with E-state index in [9.17, 15) is 4.79 Å². The molecule has 0 aliphatic heterocycles. The fourth-order valence-corrected chi connectivity index (χ4v) is 1.91. The molecule has 0 saturated heterocycles. The molecule has 2 atom stereocenters. The van der Waals surface area contributed by atoms with E-state index < -0.39 is 0 Å². The first-order valence-electron chi connectivity index (χ1n) is 5.15. The van der Waals surface area contributed by atoms with Crippen LogP contribution in [0.1, 0.15) is 25.0 Å². The minimum absolute atomic E-state index is 0.00347. The predicted octanol–water partition coefficient (Wildman–Crippen LogP) is 1.05. The van der Waals surface area contributed by atoms with Crippen molar-refractivity contribution in [3.8, 4) is 0 Å². The maximum Gasteiger partial charge on any atom is 0.228 e. The highest BCUT2D eigenvalue weighted by Gasteiger charge is 2.28. The number of carbonyl (C=O) groups excluding carboxylic acids is 1. The lowest BCUT2D eigenvalue weighted by Gasteiger charge is -2.07. The molecule has 2 rings (SSSR count). The largest absolute Gasteiger partial charge is 0.360 e. The van der Waals surface area contributed by atoms with Crippen molar-refractivity contribution < 1.29 is 9.32 Å². The van der Waals surface area contributed by atoms with E-state index in [0.717, 1.165) is 19.3 Å². The Balaban J connectivity index is 1.92. The molecule has 2 unspecified atom stereocenters. The van der Waals surface area contributed by atoms with Crippen molar-refractivity contribution in [1.82, 2.24) is 5.16 Å². The van der Waals surface area contributed by atoms with E-state index in [-0.39, 0.29) is 17.9 Å². The molecule has 1 heterocycles. The molecule has 5 heteroatoms. The van der Waals surface area contributed by atoms with Gasteiger partial charge in [-0.05, 0) is 26.2 Å². The number of nitrogens with zero attached hydrogens (tertiary/aromatic N) is 1. The van der Waals surface area contributed by atoms with Crippen molar-refractivity contribution in [3.05, 3.63) is 11.8 Å². The van der Waals surface area contributed by atoms with Crippen LogP contribution >= 0.6 is 0 Å². The van der Waals surface area contributed by atoms with E-state index in [2.05, 4.69) is 10.5 Å². The second-order valence-corrected chi connectivity index (χ2v) is 4.08. The lowest BCUT2D eigenvalue weighted by atomic mass is 10.1. The molecule has 1 aliphatic carbocycles. The van der Waals surface area contributed by atoms with Crippen molar-refractivity contribution in [2.45, 2.75) is 32.2 Å². The topological polar surface area (TPSA) is 81.2 Å². The second kappa shape index (κ2) is 4.02. The van der Waals surface area contributed by atoms with Gasteiger partial charge in [0.25, 0.3) is 0 Å². The maximum atomic E-state index is 11.7. The van der Waals surface area contributed by atoms with Crippen LogP contribution < -0.4 is 11.1 Å². The monoisotopic (exact) mass is 209 g/mol. The van der Waals surface area contributed by atoms with Crippen LogP contribution in [0.2, 0.25) is 0 Å². The summed E-state index contributed by atoms with van der Waals surface area (Å²) < 4.78 is 4.86. The van der Waals surface area contributed by atoms with E-state index in [1.54, 1.807) is 13.0 Å². The van der Waals surface area contributed by atoms with Crippen molar-refractivity contribution in [3.63, 3.8) is 0 Å². The third kappa shape index (κ3) is 2.36. The number of carbonyl (C=O) groups is 1. The number of hydrogen-bond acceptors (Lipinski definition) is 4. The molecule has 1 saturated carbocycles. The summed E-state index contributed by atoms with van der Waals surface area (Å²) in [6.07, 6.45) is 2.56. The molecule has 0 bridgehead atoms. The summed E-state index contributed by atoms with van der Waals surface area (Å²) >= 11 is 0. The Morgan fingerprint density at radius 1 is 1.67 bits per heavy atom. The summed E-state index contributed by atoms with van der Waals surface area (Å²) in [5.41, 5.74) is 5.75. The zero-order valence-electron chi connectivity index (χ0n) is 8.69. The predicted molar refractivity (Wildman–Crippen MR) is 55.2 cm³/mol. The number of hydrogen-bond donors (Lipinski definition) is 2. The van der Waals surface area contributed by atoms with Gasteiger partial charge in [-0.25, -0.2) is 0 Å². The first-order chi connectivity index (χ1) is 7.15. The van der Waals surface area contributed by atoms with Crippen LogP contribution in [0.5, 0.6) is 0 Å². The van der Waals surface area contributed by atoms with Crippen LogP contribution in [0.25, 0.3) is 0 Å². The molecule has 1 amide bonds. The van der Waals surface area contributed by atoms with Gasteiger partial charge in [-0.2, -0.15) is 0 Å². The first kappa shape index (κ1) is 10.2. The fraction of sp³-hybridized carbons (Fsp3) is 0.600. The maximum absolute atomic E-state index is 11.7. The SMILES string of the molecule is Cc1cc(NC(=O)C2CCC(N)C2)no1. The van der Waals surface area contributed by atoms with Gasteiger partial charge in [0.15, 0.2) is 5.82 Å². The van der Waals surface area contributed by atoms with Crippen LogP contribution in [0.3, 0.4) is 0 Å². The Kier molecular flexibility index (Phi) is 2.73. The number of rotatable bonds is 2. The minimum Gasteiger partial charge on any atom is -0.360 e. The number of nitrogens with one attached hydrogen (secondary N) is 1. The Bertz CT molecular complexity index is 361. The fourth-order valence-electron chi connectivity index (χ4n) is 1.91. The van der Waals surface area contributed by atoms with Crippen molar-refractivity contribution in [2.24, 2.45) is 11.7 Å². The highest BCUT2D eigenvalue weighted by atomic mass is 16.5. The summed E-state index contributed by atoms with van der Waals surface area (Å²) in [6, 6.07) is 1.87. The van der Waals surface area contributed by atoms with Crippen molar-refractivity contribution >= 4 is 11.7 Å². The quantitative estimate of drug-likeness (QED) is 0.762. The van der Waals surface area contributed by atoms with Crippen LogP contribution in [-0.2, 0) is 4.79 Å². The summed E-state index contributed by atoms with van der Waals surface area (Å²) in [4.78, 5) is 11.7. The zero-order chi connectivity index (χ0) is 10.8. The minimum atomic E-state index is -0.00347. The molecule has 0 aromatic carbocycles. The molecule has 3 N–H and O–H groups in total. The van der Waals surface area contributed by atoms with Gasteiger partial charge in [0.2, 0.25) is 5.91 Å². The van der Waals surface area contributed by atoms with Gasteiger partial charge in [-0.3, -0.25) is 4.79 Å². The Morgan fingerprint density at radius 2 is 2.47 bits per heavy atom. The van der Waals surface area contributed by atoms with Gasteiger partial charge in [0.1, 0.15) is 5.76 Å². The average Bonchev–Trinajstić information content (AvgIpc) is 2.75. The lowest BCUT2D eigenvalue weighted by Crippen LogP contribution is -2.23. The van der Waals surface area contributed by atoms with Gasteiger partial charge < -0.3 is 15.6 Å². The van der Waals surface area contributed by atoms with E-state index in [4.69, 9.17) is 10.3 Å². The van der Waals surface area contributed by atoms with E-state index in [0.29, 0.717) is 11.6 Å². The van der Waals surface area contributed by atoms with E-state index >= 15 is 0 Å². The van der Waals surface area contributed by atoms with Gasteiger partial charge in [-0.1, -0.05) is 5.16 Å². The van der Waals surface area contributed by atoms with Crippen LogP contribution in [-0.4, -0.2) is 17.1 Å². The summed E-state index contributed by atoms with van der Waals surface area (Å²) in [7, 11) is 0. The molecule has 0 spiro atoms. The van der Waals surface area contributed by atoms with Crippen LogP contribution in [0.15, 0.2) is 10.6 Å². The number of aryl methyl sites for hydroxylation is 1. The Labute approximate surface area is 88.0 Å². The summed E-state index contributed by atoms with van der Waals surface area (Å²) in [5, 5.41) is 6.43. The molecule has 1 aromatic heterocycles. The molecule has 5 nitrogen and oxygen atoms in total. The molecule has 1 aliphatic rings. The molecule has 1 fully saturated rings. The molecule has 15 heavy (non-hydrogen) atoms. The van der Waals surface area contributed by atoms with E-state index in [1.165, 1.54) is 0 Å². The average molecular weight is 209 g/mol. The Hall–Kier alpha value is -1.36. The molecular formula is C10H15N3O2. The highest BCUT2D eigenvalue weighted by molar-refractivity contribution is 5.91. The summed E-state index contributed by atoms with van der Waals surface area (Å²) in [6.45, 7) is 1.79. The van der Waals surface area contributed by atoms with Gasteiger partial charge >= 0.3 is 0 Å². The number of aromatic nitrogens is 1. The standard InChI is InChI=1S/C10H15N3O2/c1-6-4-9(13-15-6)12-10(14)7-2-3-8(11)5-7/h4,7-8H,2-3,5,11H2,1H3,(H,12,13,14). The van der Waals surface area contributed by atoms with Gasteiger partial charge in [-0.15, -0.1) is 0 Å². The van der Waals surface area contributed by atoms with Crippen molar-refractivity contribution in [1.29, 1.82) is 0 Å². The third-order valence-electron chi connectivity index (χ3n) is 2.72. The smallest absolute Gasteiger partial charge is 0.228 e. The molecule has 1 aromatic rings. The van der Waals surface area contributed by atoms with Crippen LogP contribution in [0, 0.1) is 12.8 Å². The summed E-state index contributed by atoms with van der Waals surface area (Å²) in [5.74, 6) is 1.19. The number of nitrogens with two attached hydrogens (primary N) is 1. The lowest BCUT2D eigenvalue weighted by molar-refractivity contribution is -0.119.